The molecule has 0 amide bonds. The molecule has 1 aromatic carbocycles. The summed E-state index contributed by atoms with van der Waals surface area (Å²) in [4.78, 5) is 4.08. The van der Waals surface area contributed by atoms with E-state index in [0.717, 1.165) is 17.9 Å². The maximum absolute atomic E-state index is 5.73. The first kappa shape index (κ1) is 13.6. The SMILES string of the molecule is CCNC(c1ccncc1)c1ccccc1OCC. The Hall–Kier alpha value is -1.87. The van der Waals surface area contributed by atoms with Gasteiger partial charge < -0.3 is 10.1 Å². The van der Waals surface area contributed by atoms with Crippen molar-refractivity contribution in [3.8, 4) is 5.75 Å². The second kappa shape index (κ2) is 6.90. The van der Waals surface area contributed by atoms with E-state index in [9.17, 15) is 0 Å². The third-order valence-electron chi connectivity index (χ3n) is 2.98. The van der Waals surface area contributed by atoms with E-state index < -0.39 is 0 Å². The van der Waals surface area contributed by atoms with Crippen LogP contribution in [0.1, 0.15) is 31.0 Å². The Morgan fingerprint density at radius 2 is 1.84 bits per heavy atom. The molecule has 2 rings (SSSR count). The molecule has 100 valence electrons. The Morgan fingerprint density at radius 1 is 1.11 bits per heavy atom. The van der Waals surface area contributed by atoms with Crippen LogP contribution in [0.5, 0.6) is 5.75 Å². The Balaban J connectivity index is 2.39. The summed E-state index contributed by atoms with van der Waals surface area (Å²) in [5, 5.41) is 3.51. The van der Waals surface area contributed by atoms with Crippen molar-refractivity contribution in [2.24, 2.45) is 0 Å². The van der Waals surface area contributed by atoms with Crippen LogP contribution in [0.25, 0.3) is 0 Å². The number of benzene rings is 1. The number of hydrogen-bond donors (Lipinski definition) is 1. The maximum Gasteiger partial charge on any atom is 0.124 e. The van der Waals surface area contributed by atoms with Gasteiger partial charge in [-0.1, -0.05) is 25.1 Å². The lowest BCUT2D eigenvalue weighted by Gasteiger charge is -2.21. The van der Waals surface area contributed by atoms with Gasteiger partial charge in [0.2, 0.25) is 0 Å². The highest BCUT2D eigenvalue weighted by molar-refractivity contribution is 5.41. The number of nitrogens with one attached hydrogen (secondary N) is 1. The molecule has 0 aliphatic heterocycles. The molecule has 0 fully saturated rings. The van der Waals surface area contributed by atoms with Crippen molar-refractivity contribution in [3.63, 3.8) is 0 Å². The van der Waals surface area contributed by atoms with Gasteiger partial charge in [-0.3, -0.25) is 4.98 Å². The molecule has 1 unspecified atom stereocenters. The molecule has 0 bridgehead atoms. The van der Waals surface area contributed by atoms with E-state index in [1.165, 1.54) is 5.56 Å². The fourth-order valence-corrected chi connectivity index (χ4v) is 2.17. The molecule has 1 atom stereocenters. The zero-order valence-corrected chi connectivity index (χ0v) is 11.5. The van der Waals surface area contributed by atoms with Crippen molar-refractivity contribution >= 4 is 0 Å². The Morgan fingerprint density at radius 3 is 2.53 bits per heavy atom. The summed E-state index contributed by atoms with van der Waals surface area (Å²) in [7, 11) is 0. The molecule has 0 spiro atoms. The molecule has 1 heterocycles. The minimum absolute atomic E-state index is 0.135. The van der Waals surface area contributed by atoms with Crippen molar-refractivity contribution in [1.29, 1.82) is 0 Å². The molecule has 0 aliphatic rings. The fraction of sp³-hybridized carbons (Fsp3) is 0.312. The number of hydrogen-bond acceptors (Lipinski definition) is 3. The van der Waals surface area contributed by atoms with Crippen LogP contribution in [0.15, 0.2) is 48.8 Å². The van der Waals surface area contributed by atoms with Crippen molar-refractivity contribution in [2.45, 2.75) is 19.9 Å². The van der Waals surface area contributed by atoms with Crippen LogP contribution in [-0.2, 0) is 0 Å². The molecule has 1 aromatic heterocycles. The third kappa shape index (κ3) is 3.32. The first-order valence-corrected chi connectivity index (χ1v) is 6.71. The van der Waals surface area contributed by atoms with E-state index in [1.807, 2.05) is 49.6 Å². The molecule has 0 aliphatic carbocycles. The normalized spacial score (nSPS) is 12.1. The summed E-state index contributed by atoms with van der Waals surface area (Å²) in [6.45, 7) is 5.68. The third-order valence-corrected chi connectivity index (χ3v) is 2.98. The van der Waals surface area contributed by atoms with Gasteiger partial charge in [0.15, 0.2) is 0 Å². The monoisotopic (exact) mass is 256 g/mol. The van der Waals surface area contributed by atoms with Gasteiger partial charge in [-0.05, 0) is 37.2 Å². The van der Waals surface area contributed by atoms with E-state index in [4.69, 9.17) is 4.74 Å². The molecule has 2 aromatic rings. The van der Waals surface area contributed by atoms with Gasteiger partial charge in [0, 0.05) is 18.0 Å². The lowest BCUT2D eigenvalue weighted by Crippen LogP contribution is -2.22. The van der Waals surface area contributed by atoms with Crippen LogP contribution in [0.2, 0.25) is 0 Å². The van der Waals surface area contributed by atoms with Gasteiger partial charge in [-0.2, -0.15) is 0 Å². The summed E-state index contributed by atoms with van der Waals surface area (Å²) in [6.07, 6.45) is 3.64. The lowest BCUT2D eigenvalue weighted by atomic mass is 9.98. The minimum Gasteiger partial charge on any atom is -0.494 e. The molecule has 0 saturated carbocycles. The molecule has 3 heteroatoms. The van der Waals surface area contributed by atoms with Gasteiger partial charge in [0.05, 0.1) is 12.6 Å². The Bertz CT molecular complexity index is 499. The first-order valence-electron chi connectivity index (χ1n) is 6.71. The number of nitrogens with zero attached hydrogens (tertiary/aromatic N) is 1. The molecule has 0 radical (unpaired) electrons. The van der Waals surface area contributed by atoms with Crippen LogP contribution < -0.4 is 10.1 Å². The number of rotatable bonds is 6. The molecule has 1 N–H and O–H groups in total. The average molecular weight is 256 g/mol. The summed E-state index contributed by atoms with van der Waals surface area (Å²) in [6, 6.07) is 12.4. The molecular formula is C16H20N2O. The summed E-state index contributed by atoms with van der Waals surface area (Å²) >= 11 is 0. The number of pyridine rings is 1. The Kier molecular flexibility index (Phi) is 4.93. The zero-order chi connectivity index (χ0) is 13.5. The first-order chi connectivity index (χ1) is 9.36. The van der Waals surface area contributed by atoms with E-state index in [1.54, 1.807) is 0 Å². The molecule has 3 nitrogen and oxygen atoms in total. The minimum atomic E-state index is 0.135. The summed E-state index contributed by atoms with van der Waals surface area (Å²) in [5.74, 6) is 0.938. The predicted molar refractivity (Wildman–Crippen MR) is 77.4 cm³/mol. The summed E-state index contributed by atoms with van der Waals surface area (Å²) < 4.78 is 5.73. The zero-order valence-electron chi connectivity index (χ0n) is 11.5. The number of ether oxygens (including phenoxy) is 1. The molecular weight excluding hydrogens is 236 g/mol. The van der Waals surface area contributed by atoms with E-state index in [2.05, 4.69) is 23.3 Å². The van der Waals surface area contributed by atoms with Gasteiger partial charge in [-0.15, -0.1) is 0 Å². The van der Waals surface area contributed by atoms with E-state index in [-0.39, 0.29) is 6.04 Å². The van der Waals surface area contributed by atoms with Gasteiger partial charge in [-0.25, -0.2) is 0 Å². The average Bonchev–Trinajstić information content (AvgIpc) is 2.47. The number of aromatic nitrogens is 1. The second-order valence-corrected chi connectivity index (χ2v) is 4.24. The highest BCUT2D eigenvalue weighted by atomic mass is 16.5. The maximum atomic E-state index is 5.73. The van der Waals surface area contributed by atoms with Crippen LogP contribution in [0, 0.1) is 0 Å². The van der Waals surface area contributed by atoms with Crippen LogP contribution in [0.3, 0.4) is 0 Å². The largest absolute Gasteiger partial charge is 0.494 e. The van der Waals surface area contributed by atoms with Crippen LogP contribution in [0.4, 0.5) is 0 Å². The fourth-order valence-electron chi connectivity index (χ4n) is 2.17. The van der Waals surface area contributed by atoms with E-state index in [0.29, 0.717) is 6.61 Å². The van der Waals surface area contributed by atoms with Crippen molar-refractivity contribution in [1.82, 2.24) is 10.3 Å². The smallest absolute Gasteiger partial charge is 0.124 e. The lowest BCUT2D eigenvalue weighted by molar-refractivity contribution is 0.333. The highest BCUT2D eigenvalue weighted by Gasteiger charge is 2.16. The quantitative estimate of drug-likeness (QED) is 0.862. The predicted octanol–water partition coefficient (Wildman–Crippen LogP) is 3.18. The van der Waals surface area contributed by atoms with Crippen molar-refractivity contribution in [3.05, 3.63) is 59.9 Å². The van der Waals surface area contributed by atoms with Crippen LogP contribution in [-0.4, -0.2) is 18.1 Å². The second-order valence-electron chi connectivity index (χ2n) is 4.24. The Labute approximate surface area is 114 Å². The highest BCUT2D eigenvalue weighted by Crippen LogP contribution is 2.29. The standard InChI is InChI=1S/C16H20N2O/c1-3-18-16(13-9-11-17-12-10-13)14-7-5-6-8-15(14)19-4-2/h5-12,16,18H,3-4H2,1-2H3. The van der Waals surface area contributed by atoms with E-state index >= 15 is 0 Å². The van der Waals surface area contributed by atoms with Crippen LogP contribution >= 0.6 is 0 Å². The summed E-state index contributed by atoms with van der Waals surface area (Å²) in [5.41, 5.74) is 2.36. The van der Waals surface area contributed by atoms with Crippen molar-refractivity contribution in [2.75, 3.05) is 13.2 Å². The van der Waals surface area contributed by atoms with Gasteiger partial charge >= 0.3 is 0 Å². The van der Waals surface area contributed by atoms with Gasteiger partial charge in [0.1, 0.15) is 5.75 Å². The molecule has 19 heavy (non-hydrogen) atoms. The topological polar surface area (TPSA) is 34.2 Å². The number of para-hydroxylation sites is 1. The van der Waals surface area contributed by atoms with Gasteiger partial charge in [0.25, 0.3) is 0 Å². The van der Waals surface area contributed by atoms with Crippen molar-refractivity contribution < 1.29 is 4.74 Å². The molecule has 0 saturated heterocycles.